The fourth-order valence-corrected chi connectivity index (χ4v) is 1.69. The topological polar surface area (TPSA) is 74.2 Å². The quantitative estimate of drug-likeness (QED) is 0.785. The average molecular weight is 274 g/mol. The molecule has 0 aliphatic heterocycles. The zero-order valence-electron chi connectivity index (χ0n) is 11.0. The van der Waals surface area contributed by atoms with Gasteiger partial charge in [0.05, 0.1) is 0 Å². The number of nitrogens with zero attached hydrogens (tertiary/aromatic N) is 4. The fraction of sp³-hybridized carbons (Fsp3) is 0.727. The molecule has 6 nitrogen and oxygen atoms in total. The van der Waals surface area contributed by atoms with Crippen LogP contribution in [0.5, 0.6) is 0 Å². The number of hydrogen-bond donors (Lipinski definition) is 2. The van der Waals surface area contributed by atoms with E-state index >= 15 is 0 Å². The maximum atomic E-state index is 8.86. The van der Waals surface area contributed by atoms with Crippen LogP contribution in [0.2, 0.25) is 5.28 Å². The summed E-state index contributed by atoms with van der Waals surface area (Å²) in [5, 5.41) is 12.1. The molecule has 1 unspecified atom stereocenters. The average Bonchev–Trinajstić information content (AvgIpc) is 2.30. The number of halogens is 1. The first-order valence-corrected chi connectivity index (χ1v) is 6.52. The third kappa shape index (κ3) is 4.27. The van der Waals surface area contributed by atoms with Crippen LogP contribution in [0.25, 0.3) is 0 Å². The zero-order chi connectivity index (χ0) is 13.5. The molecule has 0 aliphatic carbocycles. The van der Waals surface area contributed by atoms with Crippen LogP contribution >= 0.6 is 11.6 Å². The van der Waals surface area contributed by atoms with Gasteiger partial charge in [0, 0.05) is 25.7 Å². The van der Waals surface area contributed by atoms with E-state index in [1.165, 1.54) is 0 Å². The molecule has 102 valence electrons. The van der Waals surface area contributed by atoms with Gasteiger partial charge >= 0.3 is 0 Å². The molecule has 0 aromatic carbocycles. The van der Waals surface area contributed by atoms with Crippen LogP contribution in [0.15, 0.2) is 0 Å². The number of anilines is 2. The molecule has 0 saturated heterocycles. The molecule has 0 radical (unpaired) electrons. The van der Waals surface area contributed by atoms with E-state index in [0.29, 0.717) is 18.3 Å². The van der Waals surface area contributed by atoms with E-state index in [-0.39, 0.29) is 17.9 Å². The van der Waals surface area contributed by atoms with E-state index in [0.717, 1.165) is 13.1 Å². The fourth-order valence-electron chi connectivity index (χ4n) is 1.54. The van der Waals surface area contributed by atoms with Gasteiger partial charge < -0.3 is 15.3 Å². The number of aliphatic hydroxyl groups excluding tert-OH is 1. The van der Waals surface area contributed by atoms with E-state index in [4.69, 9.17) is 16.7 Å². The molecule has 1 heterocycles. The molecule has 0 aliphatic rings. The van der Waals surface area contributed by atoms with Crippen molar-refractivity contribution in [2.24, 2.45) is 0 Å². The Labute approximate surface area is 112 Å². The lowest BCUT2D eigenvalue weighted by Crippen LogP contribution is -2.26. The second-order valence-electron chi connectivity index (χ2n) is 3.96. The highest BCUT2D eigenvalue weighted by molar-refractivity contribution is 6.28. The van der Waals surface area contributed by atoms with Gasteiger partial charge in [-0.2, -0.15) is 15.0 Å². The van der Waals surface area contributed by atoms with Crippen LogP contribution in [0.1, 0.15) is 27.2 Å². The van der Waals surface area contributed by atoms with Crippen molar-refractivity contribution < 1.29 is 5.11 Å². The molecule has 0 fully saturated rings. The number of aliphatic hydroxyl groups is 1. The summed E-state index contributed by atoms with van der Waals surface area (Å²) in [5.41, 5.74) is 0. The van der Waals surface area contributed by atoms with E-state index < -0.39 is 0 Å². The smallest absolute Gasteiger partial charge is 0.231 e. The lowest BCUT2D eigenvalue weighted by molar-refractivity contribution is 0.282. The van der Waals surface area contributed by atoms with E-state index in [9.17, 15) is 0 Å². The molecule has 0 spiro atoms. The first kappa shape index (κ1) is 14.9. The monoisotopic (exact) mass is 273 g/mol. The first-order valence-electron chi connectivity index (χ1n) is 6.14. The zero-order valence-corrected chi connectivity index (χ0v) is 11.8. The van der Waals surface area contributed by atoms with Gasteiger partial charge in [-0.25, -0.2) is 0 Å². The molecule has 1 aromatic rings. The number of hydrogen-bond acceptors (Lipinski definition) is 6. The minimum atomic E-state index is 0.0815. The third-order valence-corrected chi connectivity index (χ3v) is 2.75. The summed E-state index contributed by atoms with van der Waals surface area (Å²) in [7, 11) is 0. The van der Waals surface area contributed by atoms with Crippen molar-refractivity contribution in [2.75, 3.05) is 29.9 Å². The molecular formula is C11H20ClN5O. The second kappa shape index (κ2) is 7.33. The van der Waals surface area contributed by atoms with Crippen LogP contribution in [-0.2, 0) is 0 Å². The molecule has 18 heavy (non-hydrogen) atoms. The van der Waals surface area contributed by atoms with Crippen LogP contribution in [0.4, 0.5) is 11.9 Å². The Balaban J connectivity index is 2.86. The highest BCUT2D eigenvalue weighted by atomic mass is 35.5. The molecular weight excluding hydrogens is 254 g/mol. The summed E-state index contributed by atoms with van der Waals surface area (Å²) in [4.78, 5) is 14.5. The molecule has 2 N–H and O–H groups in total. The summed E-state index contributed by atoms with van der Waals surface area (Å²) in [6.07, 6.45) is 0.629. The van der Waals surface area contributed by atoms with Crippen LogP contribution in [-0.4, -0.2) is 45.8 Å². The Morgan fingerprint density at radius 1 is 1.28 bits per heavy atom. The molecule has 7 heteroatoms. The predicted molar refractivity (Wildman–Crippen MR) is 73.2 cm³/mol. The Morgan fingerprint density at radius 3 is 2.50 bits per heavy atom. The number of nitrogens with one attached hydrogen (secondary N) is 1. The van der Waals surface area contributed by atoms with Gasteiger partial charge in [-0.05, 0) is 38.8 Å². The van der Waals surface area contributed by atoms with Gasteiger partial charge in [-0.15, -0.1) is 0 Å². The van der Waals surface area contributed by atoms with Crippen molar-refractivity contribution in [3.05, 3.63) is 5.28 Å². The largest absolute Gasteiger partial charge is 0.396 e. The second-order valence-corrected chi connectivity index (χ2v) is 4.30. The van der Waals surface area contributed by atoms with Crippen LogP contribution in [0, 0.1) is 0 Å². The van der Waals surface area contributed by atoms with Crippen molar-refractivity contribution in [1.29, 1.82) is 0 Å². The maximum Gasteiger partial charge on any atom is 0.231 e. The Hall–Kier alpha value is -1.14. The molecule has 0 saturated carbocycles. The SMILES string of the molecule is CCN(CC)c1nc(Cl)nc(NC(C)CCO)n1. The lowest BCUT2D eigenvalue weighted by atomic mass is 10.2. The van der Waals surface area contributed by atoms with Crippen molar-refractivity contribution in [2.45, 2.75) is 33.2 Å². The van der Waals surface area contributed by atoms with Gasteiger partial charge in [0.1, 0.15) is 0 Å². The number of rotatable bonds is 7. The molecule has 0 bridgehead atoms. The molecule has 1 aromatic heterocycles. The standard InChI is InChI=1S/C11H20ClN5O/c1-4-17(5-2)11-15-9(12)14-10(16-11)13-8(3)6-7-18/h8,18H,4-7H2,1-3H3,(H,13,14,15,16). The van der Waals surface area contributed by atoms with Gasteiger partial charge in [-0.1, -0.05) is 0 Å². The first-order chi connectivity index (χ1) is 8.60. The van der Waals surface area contributed by atoms with E-state index in [1.54, 1.807) is 0 Å². The van der Waals surface area contributed by atoms with Gasteiger partial charge in [0.2, 0.25) is 17.2 Å². The van der Waals surface area contributed by atoms with Gasteiger partial charge in [-0.3, -0.25) is 0 Å². The van der Waals surface area contributed by atoms with Crippen molar-refractivity contribution >= 4 is 23.5 Å². The normalized spacial score (nSPS) is 12.3. The van der Waals surface area contributed by atoms with Crippen molar-refractivity contribution in [1.82, 2.24) is 15.0 Å². The Kier molecular flexibility index (Phi) is 6.07. The molecule has 1 atom stereocenters. The highest BCUT2D eigenvalue weighted by Crippen LogP contribution is 2.14. The Bertz CT molecular complexity index is 372. The third-order valence-electron chi connectivity index (χ3n) is 2.58. The van der Waals surface area contributed by atoms with Crippen molar-refractivity contribution in [3.63, 3.8) is 0 Å². The summed E-state index contributed by atoms with van der Waals surface area (Å²) in [6.45, 7) is 7.75. The highest BCUT2D eigenvalue weighted by Gasteiger charge is 2.11. The number of aromatic nitrogens is 3. The molecule has 1 rings (SSSR count). The minimum Gasteiger partial charge on any atom is -0.396 e. The van der Waals surface area contributed by atoms with E-state index in [2.05, 4.69) is 20.3 Å². The summed E-state index contributed by atoms with van der Waals surface area (Å²) in [6, 6.07) is 0.0815. The van der Waals surface area contributed by atoms with Crippen molar-refractivity contribution in [3.8, 4) is 0 Å². The predicted octanol–water partition coefficient (Wildman–Crippen LogP) is 1.55. The summed E-state index contributed by atoms with van der Waals surface area (Å²) >= 11 is 5.89. The lowest BCUT2D eigenvalue weighted by Gasteiger charge is -2.19. The van der Waals surface area contributed by atoms with Gasteiger partial charge in [0.25, 0.3) is 0 Å². The van der Waals surface area contributed by atoms with E-state index in [1.807, 2.05) is 25.7 Å². The summed E-state index contributed by atoms with van der Waals surface area (Å²) in [5.74, 6) is 1.01. The minimum absolute atomic E-state index is 0.0815. The van der Waals surface area contributed by atoms with Crippen LogP contribution < -0.4 is 10.2 Å². The molecule has 0 amide bonds. The van der Waals surface area contributed by atoms with Crippen LogP contribution in [0.3, 0.4) is 0 Å². The summed E-state index contributed by atoms with van der Waals surface area (Å²) < 4.78 is 0. The Morgan fingerprint density at radius 2 is 1.94 bits per heavy atom. The van der Waals surface area contributed by atoms with Gasteiger partial charge in [0.15, 0.2) is 0 Å². The maximum absolute atomic E-state index is 8.86.